The molecule has 0 saturated carbocycles. The maximum atomic E-state index is 11.5. The van der Waals surface area contributed by atoms with Crippen molar-refractivity contribution >= 4 is 22.4 Å². The molecular formula is C23H24N2O3. The van der Waals surface area contributed by atoms with Crippen LogP contribution in [-0.4, -0.2) is 30.7 Å². The van der Waals surface area contributed by atoms with Crippen molar-refractivity contribution in [2.45, 2.75) is 24.8 Å². The summed E-state index contributed by atoms with van der Waals surface area (Å²) in [6.07, 6.45) is 1.44. The van der Waals surface area contributed by atoms with Crippen LogP contribution >= 0.6 is 0 Å². The van der Waals surface area contributed by atoms with Crippen LogP contribution in [-0.2, 0) is 17.6 Å². The van der Waals surface area contributed by atoms with E-state index in [9.17, 15) is 9.90 Å². The summed E-state index contributed by atoms with van der Waals surface area (Å²) in [4.78, 5) is 13.6. The van der Waals surface area contributed by atoms with Gasteiger partial charge in [-0.3, -0.25) is 4.79 Å². The Bertz CT molecular complexity index is 1060. The Morgan fingerprint density at radius 2 is 1.71 bits per heavy atom. The molecule has 0 aliphatic heterocycles. The third-order valence-electron chi connectivity index (χ3n) is 5.50. The van der Waals surface area contributed by atoms with Crippen LogP contribution < -0.4 is 15.4 Å². The van der Waals surface area contributed by atoms with Gasteiger partial charge in [0.15, 0.2) is 0 Å². The fraction of sp³-hybridized carbons (Fsp3) is 0.261. The summed E-state index contributed by atoms with van der Waals surface area (Å²) in [5.41, 5.74) is 8.10. The minimum Gasteiger partial charge on any atom is -0.480 e. The number of carboxylic acids is 1. The Kier molecular flexibility index (Phi) is 4.47. The number of carboxylic acid groups (broad SMARTS) is 1. The van der Waals surface area contributed by atoms with Crippen molar-refractivity contribution in [1.29, 1.82) is 0 Å². The zero-order valence-electron chi connectivity index (χ0n) is 16.1. The van der Waals surface area contributed by atoms with Gasteiger partial charge in [-0.25, -0.2) is 0 Å². The summed E-state index contributed by atoms with van der Waals surface area (Å²) < 4.78 is 6.08. The molecule has 0 saturated heterocycles. The van der Waals surface area contributed by atoms with E-state index in [1.165, 1.54) is 0 Å². The van der Waals surface area contributed by atoms with Crippen LogP contribution in [0.1, 0.15) is 17.5 Å². The normalized spacial score (nSPS) is 18.5. The Morgan fingerprint density at radius 1 is 1.00 bits per heavy atom. The summed E-state index contributed by atoms with van der Waals surface area (Å²) >= 11 is 0. The van der Waals surface area contributed by atoms with E-state index in [1.54, 1.807) is 0 Å². The number of aliphatic carboxylic acids is 1. The molecule has 3 aromatic rings. The van der Waals surface area contributed by atoms with Crippen LogP contribution in [0.4, 0.5) is 5.69 Å². The summed E-state index contributed by atoms with van der Waals surface area (Å²) in [7, 11) is 4.03. The molecule has 1 aliphatic rings. The molecule has 0 radical (unpaired) electrons. The summed E-state index contributed by atoms with van der Waals surface area (Å²) in [6.45, 7) is 0. The highest BCUT2D eigenvalue weighted by molar-refractivity contribution is 5.87. The number of carbonyl (C=O) groups is 1. The topological polar surface area (TPSA) is 75.8 Å². The number of nitrogens with two attached hydrogens (primary N) is 1. The number of rotatable bonds is 4. The molecule has 3 aromatic carbocycles. The Labute approximate surface area is 164 Å². The average molecular weight is 376 g/mol. The number of ether oxygens (including phenoxy) is 1. The third-order valence-corrected chi connectivity index (χ3v) is 5.50. The Morgan fingerprint density at radius 3 is 2.46 bits per heavy atom. The van der Waals surface area contributed by atoms with E-state index in [-0.39, 0.29) is 0 Å². The number of benzene rings is 3. The first-order valence-electron chi connectivity index (χ1n) is 9.37. The summed E-state index contributed by atoms with van der Waals surface area (Å²) in [6, 6.07) is 18.2. The second kappa shape index (κ2) is 6.84. The van der Waals surface area contributed by atoms with E-state index < -0.39 is 11.5 Å². The summed E-state index contributed by atoms with van der Waals surface area (Å²) in [5, 5.41) is 11.7. The highest BCUT2D eigenvalue weighted by Gasteiger charge is 2.37. The zero-order chi connectivity index (χ0) is 19.9. The predicted octanol–water partition coefficient (Wildman–Crippen LogP) is 3.97. The highest BCUT2D eigenvalue weighted by atomic mass is 16.5. The first-order chi connectivity index (χ1) is 13.3. The molecule has 0 heterocycles. The van der Waals surface area contributed by atoms with Gasteiger partial charge in [0, 0.05) is 26.2 Å². The number of fused-ring (bicyclic) bond motifs is 2. The van der Waals surface area contributed by atoms with Gasteiger partial charge < -0.3 is 20.5 Å². The molecule has 144 valence electrons. The first-order valence-corrected chi connectivity index (χ1v) is 9.37. The lowest BCUT2D eigenvalue weighted by Gasteiger charge is -2.31. The quantitative estimate of drug-likeness (QED) is 0.721. The van der Waals surface area contributed by atoms with E-state index in [4.69, 9.17) is 10.5 Å². The monoisotopic (exact) mass is 376 g/mol. The molecule has 0 fully saturated rings. The molecular weight excluding hydrogens is 352 g/mol. The van der Waals surface area contributed by atoms with Crippen LogP contribution in [0.3, 0.4) is 0 Å². The van der Waals surface area contributed by atoms with E-state index in [1.807, 2.05) is 50.5 Å². The number of anilines is 1. The maximum absolute atomic E-state index is 11.5. The van der Waals surface area contributed by atoms with Gasteiger partial charge in [0.05, 0.1) is 0 Å². The van der Waals surface area contributed by atoms with Crippen LogP contribution in [0.5, 0.6) is 11.5 Å². The van der Waals surface area contributed by atoms with Crippen molar-refractivity contribution in [3.05, 3.63) is 65.7 Å². The molecule has 0 spiro atoms. The van der Waals surface area contributed by atoms with Crippen molar-refractivity contribution in [3.63, 3.8) is 0 Å². The Balaban J connectivity index is 1.62. The molecule has 3 N–H and O–H groups in total. The summed E-state index contributed by atoms with van der Waals surface area (Å²) in [5.74, 6) is 0.489. The van der Waals surface area contributed by atoms with E-state index in [0.717, 1.165) is 33.3 Å². The molecule has 0 aromatic heterocycles. The van der Waals surface area contributed by atoms with Crippen LogP contribution in [0.2, 0.25) is 0 Å². The molecule has 1 unspecified atom stereocenters. The van der Waals surface area contributed by atoms with Gasteiger partial charge >= 0.3 is 5.97 Å². The van der Waals surface area contributed by atoms with Crippen LogP contribution in [0, 0.1) is 0 Å². The van der Waals surface area contributed by atoms with Gasteiger partial charge in [0.2, 0.25) is 0 Å². The van der Waals surface area contributed by atoms with Crippen molar-refractivity contribution in [1.82, 2.24) is 0 Å². The van der Waals surface area contributed by atoms with Gasteiger partial charge in [-0.15, -0.1) is 0 Å². The molecule has 0 bridgehead atoms. The van der Waals surface area contributed by atoms with E-state index in [2.05, 4.69) is 23.1 Å². The van der Waals surface area contributed by atoms with Crippen molar-refractivity contribution in [2.75, 3.05) is 19.0 Å². The minimum atomic E-state index is -1.20. The van der Waals surface area contributed by atoms with E-state index >= 15 is 0 Å². The molecule has 28 heavy (non-hydrogen) atoms. The number of aryl methyl sites for hydroxylation is 1. The molecule has 5 nitrogen and oxygen atoms in total. The average Bonchev–Trinajstić information content (AvgIpc) is 2.67. The predicted molar refractivity (Wildman–Crippen MR) is 111 cm³/mol. The van der Waals surface area contributed by atoms with Crippen LogP contribution in [0.25, 0.3) is 10.8 Å². The van der Waals surface area contributed by atoms with Crippen molar-refractivity contribution in [2.24, 2.45) is 5.73 Å². The van der Waals surface area contributed by atoms with Gasteiger partial charge in [-0.2, -0.15) is 0 Å². The maximum Gasteiger partial charge on any atom is 0.324 e. The minimum absolute atomic E-state index is 0.318. The molecule has 1 aliphatic carbocycles. The number of hydrogen-bond donors (Lipinski definition) is 2. The molecule has 4 rings (SSSR count). The second-order valence-electron chi connectivity index (χ2n) is 7.76. The second-order valence-corrected chi connectivity index (χ2v) is 7.76. The van der Waals surface area contributed by atoms with Gasteiger partial charge in [0.1, 0.15) is 17.0 Å². The lowest BCUT2D eigenvalue weighted by atomic mass is 9.78. The first kappa shape index (κ1) is 18.3. The number of nitrogens with zero attached hydrogens (tertiary/aromatic N) is 1. The molecule has 1 atom stereocenters. The lowest BCUT2D eigenvalue weighted by molar-refractivity contribution is -0.143. The largest absolute Gasteiger partial charge is 0.480 e. The van der Waals surface area contributed by atoms with Gasteiger partial charge in [-0.05, 0) is 71.1 Å². The zero-order valence-corrected chi connectivity index (χ0v) is 16.1. The van der Waals surface area contributed by atoms with Crippen LogP contribution in [0.15, 0.2) is 54.6 Å². The van der Waals surface area contributed by atoms with E-state index in [0.29, 0.717) is 25.0 Å². The fourth-order valence-electron chi connectivity index (χ4n) is 3.73. The van der Waals surface area contributed by atoms with Crippen molar-refractivity contribution in [3.8, 4) is 11.5 Å². The third kappa shape index (κ3) is 3.41. The molecule has 0 amide bonds. The number of hydrogen-bond acceptors (Lipinski definition) is 4. The lowest BCUT2D eigenvalue weighted by Crippen LogP contribution is -2.52. The molecule has 5 heteroatoms. The Hall–Kier alpha value is -3.05. The smallest absolute Gasteiger partial charge is 0.324 e. The van der Waals surface area contributed by atoms with Gasteiger partial charge in [-0.1, -0.05) is 18.2 Å². The fourth-order valence-corrected chi connectivity index (χ4v) is 3.73. The highest BCUT2D eigenvalue weighted by Crippen LogP contribution is 2.33. The van der Waals surface area contributed by atoms with Crippen molar-refractivity contribution < 1.29 is 14.6 Å². The SMILES string of the molecule is CN(C)c1ccc2ccc(Oc3ccc4c(c3)CC(N)(C(=O)O)CC4)cc2c1. The standard InChI is InChI=1S/C23H24N2O3/c1-25(2)19-6-3-15-4-7-20(12-17(15)11-19)28-21-8-5-16-9-10-23(24,22(26)27)14-18(16)13-21/h3-8,11-13H,9-10,14,24H2,1-2H3,(H,26,27). The van der Waals surface area contributed by atoms with Gasteiger partial charge in [0.25, 0.3) is 0 Å².